The average Bonchev–Trinajstić information content (AvgIpc) is 2.35. The van der Waals surface area contributed by atoms with Gasteiger partial charge in [0, 0.05) is 0 Å². The first-order valence-electron chi connectivity index (χ1n) is 7.34. The second kappa shape index (κ2) is 8.82. The Hall–Kier alpha value is -1.26. The van der Waals surface area contributed by atoms with Crippen LogP contribution in [0.25, 0.3) is 0 Å². The SMILES string of the molecule is CCOC(=O)OC(C)C(CC)(CC(C)C)C(=O)OCC. The van der Waals surface area contributed by atoms with Crippen molar-refractivity contribution in [3.63, 3.8) is 0 Å². The van der Waals surface area contributed by atoms with Crippen LogP contribution in [0.15, 0.2) is 0 Å². The van der Waals surface area contributed by atoms with E-state index in [1.165, 1.54) is 0 Å². The number of esters is 1. The molecule has 0 rings (SSSR count). The lowest BCUT2D eigenvalue weighted by molar-refractivity contribution is -0.165. The summed E-state index contributed by atoms with van der Waals surface area (Å²) in [5.74, 6) is -0.0272. The molecule has 0 N–H and O–H groups in total. The van der Waals surface area contributed by atoms with Gasteiger partial charge in [0.05, 0.1) is 13.2 Å². The molecule has 0 amide bonds. The summed E-state index contributed by atoms with van der Waals surface area (Å²) in [6.07, 6.45) is -0.188. The minimum atomic E-state index is -0.822. The molecule has 0 aliphatic rings. The molecule has 0 aromatic heterocycles. The molecule has 5 nitrogen and oxygen atoms in total. The number of hydrogen-bond donors (Lipinski definition) is 0. The van der Waals surface area contributed by atoms with E-state index in [2.05, 4.69) is 0 Å². The molecular formula is C15H28O5. The van der Waals surface area contributed by atoms with Gasteiger partial charge in [-0.2, -0.15) is 0 Å². The molecule has 0 radical (unpaired) electrons. The molecule has 0 aromatic rings. The van der Waals surface area contributed by atoms with Crippen molar-refractivity contribution >= 4 is 12.1 Å². The van der Waals surface area contributed by atoms with Crippen molar-refractivity contribution in [2.75, 3.05) is 13.2 Å². The van der Waals surface area contributed by atoms with E-state index in [-0.39, 0.29) is 18.5 Å². The molecule has 0 saturated heterocycles. The van der Waals surface area contributed by atoms with Gasteiger partial charge in [0.15, 0.2) is 0 Å². The molecule has 2 atom stereocenters. The number of rotatable bonds is 8. The molecule has 0 bridgehead atoms. The van der Waals surface area contributed by atoms with Gasteiger partial charge in [0.25, 0.3) is 0 Å². The van der Waals surface area contributed by atoms with Gasteiger partial charge >= 0.3 is 12.1 Å². The Morgan fingerprint density at radius 1 is 1.00 bits per heavy atom. The van der Waals surface area contributed by atoms with Crippen molar-refractivity contribution in [1.82, 2.24) is 0 Å². The molecule has 20 heavy (non-hydrogen) atoms. The maximum atomic E-state index is 12.4. The van der Waals surface area contributed by atoms with Crippen LogP contribution in [0, 0.1) is 11.3 Å². The Morgan fingerprint density at radius 2 is 1.55 bits per heavy atom. The lowest BCUT2D eigenvalue weighted by Crippen LogP contribution is -2.45. The summed E-state index contributed by atoms with van der Waals surface area (Å²) in [5.41, 5.74) is -0.822. The van der Waals surface area contributed by atoms with E-state index >= 15 is 0 Å². The van der Waals surface area contributed by atoms with Gasteiger partial charge in [-0.1, -0.05) is 20.8 Å². The van der Waals surface area contributed by atoms with E-state index in [9.17, 15) is 9.59 Å². The van der Waals surface area contributed by atoms with Crippen LogP contribution in [0.4, 0.5) is 4.79 Å². The molecule has 0 aliphatic carbocycles. The van der Waals surface area contributed by atoms with Crippen molar-refractivity contribution in [3.05, 3.63) is 0 Å². The zero-order chi connectivity index (χ0) is 15.8. The lowest BCUT2D eigenvalue weighted by Gasteiger charge is -2.36. The standard InChI is InChI=1S/C15H28O5/c1-7-15(10-11(4)5,13(16)18-8-2)12(6)20-14(17)19-9-3/h11-12H,7-10H2,1-6H3. The Kier molecular flexibility index (Phi) is 8.26. The molecule has 2 unspecified atom stereocenters. The number of ether oxygens (including phenoxy) is 3. The summed E-state index contributed by atoms with van der Waals surface area (Å²) in [6.45, 7) is 11.7. The van der Waals surface area contributed by atoms with Crippen LogP contribution in [-0.2, 0) is 19.0 Å². The fraction of sp³-hybridized carbons (Fsp3) is 0.867. The fourth-order valence-corrected chi connectivity index (χ4v) is 2.40. The van der Waals surface area contributed by atoms with Crippen LogP contribution in [-0.4, -0.2) is 31.4 Å². The van der Waals surface area contributed by atoms with Gasteiger partial charge in [-0.3, -0.25) is 4.79 Å². The van der Waals surface area contributed by atoms with Crippen LogP contribution in [0.2, 0.25) is 0 Å². The van der Waals surface area contributed by atoms with Crippen molar-refractivity contribution in [1.29, 1.82) is 0 Å². The van der Waals surface area contributed by atoms with E-state index < -0.39 is 17.7 Å². The van der Waals surface area contributed by atoms with Gasteiger partial charge in [-0.25, -0.2) is 4.79 Å². The van der Waals surface area contributed by atoms with Crippen molar-refractivity contribution in [2.45, 2.75) is 60.5 Å². The van der Waals surface area contributed by atoms with Crippen molar-refractivity contribution in [2.24, 2.45) is 11.3 Å². The Bertz CT molecular complexity index is 313. The van der Waals surface area contributed by atoms with Gasteiger partial charge in [-0.15, -0.1) is 0 Å². The quantitative estimate of drug-likeness (QED) is 0.639. The van der Waals surface area contributed by atoms with Crippen LogP contribution in [0.3, 0.4) is 0 Å². The highest BCUT2D eigenvalue weighted by Crippen LogP contribution is 2.37. The second-order valence-electron chi connectivity index (χ2n) is 5.27. The van der Waals surface area contributed by atoms with Gasteiger partial charge in [0.1, 0.15) is 11.5 Å². The average molecular weight is 288 g/mol. The summed E-state index contributed by atoms with van der Waals surface area (Å²) in [4.78, 5) is 23.8. The molecule has 0 fully saturated rings. The fourth-order valence-electron chi connectivity index (χ4n) is 2.40. The first-order valence-corrected chi connectivity index (χ1v) is 7.34. The molecule has 0 aliphatic heterocycles. The maximum absolute atomic E-state index is 12.4. The summed E-state index contributed by atoms with van der Waals surface area (Å²) in [7, 11) is 0. The highest BCUT2D eigenvalue weighted by Gasteiger charge is 2.46. The minimum Gasteiger partial charge on any atom is -0.465 e. The van der Waals surface area contributed by atoms with Crippen LogP contribution >= 0.6 is 0 Å². The smallest absolute Gasteiger partial charge is 0.465 e. The highest BCUT2D eigenvalue weighted by molar-refractivity contribution is 5.78. The van der Waals surface area contributed by atoms with E-state index in [1.54, 1.807) is 20.8 Å². The number of hydrogen-bond acceptors (Lipinski definition) is 5. The second-order valence-corrected chi connectivity index (χ2v) is 5.27. The molecule has 118 valence electrons. The summed E-state index contributed by atoms with van der Waals surface area (Å²) >= 11 is 0. The predicted octanol–water partition coefficient (Wildman–Crippen LogP) is 3.55. The normalized spacial score (nSPS) is 15.3. The van der Waals surface area contributed by atoms with Crippen molar-refractivity contribution in [3.8, 4) is 0 Å². The van der Waals surface area contributed by atoms with Gasteiger partial charge < -0.3 is 14.2 Å². The Balaban J connectivity index is 5.15. The first kappa shape index (κ1) is 18.7. The molecule has 0 heterocycles. The van der Waals surface area contributed by atoms with Gasteiger partial charge in [-0.05, 0) is 39.5 Å². The van der Waals surface area contributed by atoms with Crippen LogP contribution in [0.5, 0.6) is 0 Å². The molecule has 0 saturated carbocycles. The van der Waals surface area contributed by atoms with Crippen molar-refractivity contribution < 1.29 is 23.8 Å². The van der Waals surface area contributed by atoms with Gasteiger partial charge in [0.2, 0.25) is 0 Å². The number of carbonyl (C=O) groups excluding carboxylic acids is 2. The van der Waals surface area contributed by atoms with E-state index in [0.717, 1.165) is 0 Å². The summed E-state index contributed by atoms with van der Waals surface area (Å²) in [6, 6.07) is 0. The van der Waals surface area contributed by atoms with Crippen LogP contribution in [0.1, 0.15) is 54.4 Å². The minimum absolute atomic E-state index is 0.244. The first-order chi connectivity index (χ1) is 9.33. The largest absolute Gasteiger partial charge is 0.508 e. The summed E-state index contributed by atoms with van der Waals surface area (Å²) < 4.78 is 15.2. The molecule has 0 spiro atoms. The molecule has 5 heteroatoms. The lowest BCUT2D eigenvalue weighted by atomic mass is 9.73. The molecule has 0 aromatic carbocycles. The number of carbonyl (C=O) groups is 2. The summed E-state index contributed by atoms with van der Waals surface area (Å²) in [5, 5.41) is 0. The maximum Gasteiger partial charge on any atom is 0.508 e. The molecular weight excluding hydrogens is 260 g/mol. The monoisotopic (exact) mass is 288 g/mol. The highest BCUT2D eigenvalue weighted by atomic mass is 16.7. The Morgan fingerprint density at radius 3 is 1.95 bits per heavy atom. The third-order valence-electron chi connectivity index (χ3n) is 3.40. The topological polar surface area (TPSA) is 61.8 Å². The van der Waals surface area contributed by atoms with Crippen LogP contribution < -0.4 is 0 Å². The third kappa shape index (κ3) is 5.02. The van der Waals surface area contributed by atoms with E-state index in [4.69, 9.17) is 14.2 Å². The van der Waals surface area contributed by atoms with E-state index in [1.807, 2.05) is 20.8 Å². The van der Waals surface area contributed by atoms with E-state index in [0.29, 0.717) is 19.4 Å². The predicted molar refractivity (Wildman–Crippen MR) is 76.4 cm³/mol. The Labute approximate surface area is 122 Å². The third-order valence-corrected chi connectivity index (χ3v) is 3.40. The zero-order valence-corrected chi connectivity index (χ0v) is 13.5. The zero-order valence-electron chi connectivity index (χ0n) is 13.5.